The molecule has 2 aliphatic heterocycles. The fourth-order valence-electron chi connectivity index (χ4n) is 4.19. The van der Waals surface area contributed by atoms with Gasteiger partial charge in [0.1, 0.15) is 5.75 Å². The molecule has 0 atom stereocenters. The molecule has 3 heterocycles. The van der Waals surface area contributed by atoms with E-state index in [2.05, 4.69) is 28.2 Å². The number of carbonyl (C=O) groups is 2. The van der Waals surface area contributed by atoms with Crippen LogP contribution in [-0.2, 0) is 22.6 Å². The summed E-state index contributed by atoms with van der Waals surface area (Å²) in [6.45, 7) is 1.02. The largest absolute Gasteiger partial charge is 0.497 e. The number of ether oxygens (including phenoxy) is 1. The highest BCUT2D eigenvalue weighted by atomic mass is 16.5. The Kier molecular flexibility index (Phi) is 3.44. The summed E-state index contributed by atoms with van der Waals surface area (Å²) >= 11 is 0. The first-order valence-electron chi connectivity index (χ1n) is 9.02. The minimum Gasteiger partial charge on any atom is -0.497 e. The first kappa shape index (κ1) is 15.9. The third-order valence-electron chi connectivity index (χ3n) is 5.36. The van der Waals surface area contributed by atoms with Crippen LogP contribution in [0.1, 0.15) is 23.1 Å². The molecule has 1 aromatic heterocycles. The van der Waals surface area contributed by atoms with Crippen molar-refractivity contribution in [3.8, 4) is 5.75 Å². The molecule has 0 saturated heterocycles. The first-order chi connectivity index (χ1) is 13.2. The third kappa shape index (κ3) is 2.39. The Labute approximate surface area is 156 Å². The number of amides is 2. The number of rotatable bonds is 3. The molecule has 0 spiro atoms. The molecule has 0 fully saturated rings. The van der Waals surface area contributed by atoms with E-state index in [0.29, 0.717) is 22.5 Å². The van der Waals surface area contributed by atoms with Crippen LogP contribution < -0.4 is 10.1 Å². The van der Waals surface area contributed by atoms with Crippen molar-refractivity contribution in [1.29, 1.82) is 0 Å². The molecular weight excluding hydrogens is 340 g/mol. The summed E-state index contributed by atoms with van der Waals surface area (Å²) in [5.41, 5.74) is 4.77. The molecule has 0 bridgehead atoms. The van der Waals surface area contributed by atoms with E-state index in [1.807, 2.05) is 24.3 Å². The van der Waals surface area contributed by atoms with Crippen LogP contribution in [0.2, 0.25) is 0 Å². The summed E-state index contributed by atoms with van der Waals surface area (Å²) < 4.78 is 7.54. The Morgan fingerprint density at radius 1 is 1.00 bits per heavy atom. The smallest absolute Gasteiger partial charge is 0.259 e. The number of aryl methyl sites for hydroxylation is 2. The fourth-order valence-corrected chi connectivity index (χ4v) is 4.19. The maximum absolute atomic E-state index is 12.7. The summed E-state index contributed by atoms with van der Waals surface area (Å²) in [6.07, 6.45) is 4.15. The number of imide groups is 1. The number of nitrogens with zero attached hydrogens (tertiary/aromatic N) is 1. The van der Waals surface area contributed by atoms with Crippen LogP contribution in [0.3, 0.4) is 0 Å². The second kappa shape index (κ2) is 5.84. The molecule has 27 heavy (non-hydrogen) atoms. The van der Waals surface area contributed by atoms with Crippen LogP contribution in [0.5, 0.6) is 5.75 Å². The summed E-state index contributed by atoms with van der Waals surface area (Å²) in [7, 11) is 1.58. The second-order valence-corrected chi connectivity index (χ2v) is 6.95. The molecule has 2 aliphatic rings. The van der Waals surface area contributed by atoms with Gasteiger partial charge in [0, 0.05) is 18.1 Å². The Morgan fingerprint density at radius 3 is 2.63 bits per heavy atom. The van der Waals surface area contributed by atoms with Gasteiger partial charge in [-0.25, -0.2) is 0 Å². The number of hydrogen-bond donors (Lipinski definition) is 1. The maximum Gasteiger partial charge on any atom is 0.259 e. The molecule has 2 aromatic carbocycles. The zero-order valence-corrected chi connectivity index (χ0v) is 14.9. The minimum atomic E-state index is -0.366. The monoisotopic (exact) mass is 358 g/mol. The van der Waals surface area contributed by atoms with Crippen LogP contribution in [0.4, 0.5) is 0 Å². The summed E-state index contributed by atoms with van der Waals surface area (Å²) in [4.78, 5) is 25.2. The van der Waals surface area contributed by atoms with Gasteiger partial charge in [-0.1, -0.05) is 12.1 Å². The van der Waals surface area contributed by atoms with E-state index < -0.39 is 0 Å². The number of benzene rings is 2. The molecule has 0 aliphatic carbocycles. The summed E-state index contributed by atoms with van der Waals surface area (Å²) in [5.74, 6) is -0.0664. The van der Waals surface area contributed by atoms with Crippen LogP contribution in [0.25, 0.3) is 22.0 Å². The van der Waals surface area contributed by atoms with Crippen molar-refractivity contribution in [3.05, 3.63) is 65.4 Å². The Morgan fingerprint density at radius 2 is 1.81 bits per heavy atom. The SMILES string of the molecule is COc1cccc(C2=C(c3cc4c5c(ccn5CCC4)c3)C(=O)NC2=O)c1. The predicted octanol–water partition coefficient (Wildman–Crippen LogP) is 3.16. The van der Waals surface area contributed by atoms with Crippen LogP contribution in [-0.4, -0.2) is 23.5 Å². The molecule has 134 valence electrons. The molecule has 3 aromatic rings. The number of hydrogen-bond acceptors (Lipinski definition) is 3. The Bertz CT molecular complexity index is 1150. The highest BCUT2D eigenvalue weighted by Gasteiger charge is 2.33. The first-order valence-corrected chi connectivity index (χ1v) is 9.02. The average Bonchev–Trinajstić information content (AvgIpc) is 3.23. The highest BCUT2D eigenvalue weighted by Crippen LogP contribution is 2.36. The lowest BCUT2D eigenvalue weighted by Gasteiger charge is -2.17. The highest BCUT2D eigenvalue weighted by molar-refractivity contribution is 6.49. The maximum atomic E-state index is 12.7. The molecule has 1 N–H and O–H groups in total. The van der Waals surface area contributed by atoms with E-state index >= 15 is 0 Å². The van der Waals surface area contributed by atoms with E-state index in [1.54, 1.807) is 13.2 Å². The number of nitrogens with one attached hydrogen (secondary N) is 1. The van der Waals surface area contributed by atoms with Crippen molar-refractivity contribution in [2.75, 3.05) is 7.11 Å². The van der Waals surface area contributed by atoms with Crippen molar-refractivity contribution in [2.45, 2.75) is 19.4 Å². The van der Waals surface area contributed by atoms with Crippen molar-refractivity contribution >= 4 is 33.9 Å². The lowest BCUT2D eigenvalue weighted by atomic mass is 9.92. The van der Waals surface area contributed by atoms with Gasteiger partial charge >= 0.3 is 0 Å². The van der Waals surface area contributed by atoms with E-state index in [-0.39, 0.29) is 11.8 Å². The van der Waals surface area contributed by atoms with E-state index in [9.17, 15) is 9.59 Å². The number of aromatic nitrogens is 1. The van der Waals surface area contributed by atoms with Crippen molar-refractivity contribution in [2.24, 2.45) is 0 Å². The zero-order valence-electron chi connectivity index (χ0n) is 14.9. The topological polar surface area (TPSA) is 60.3 Å². The normalized spacial score (nSPS) is 16.2. The van der Waals surface area contributed by atoms with E-state index in [4.69, 9.17) is 4.74 Å². The fraction of sp³-hybridized carbons (Fsp3) is 0.182. The number of methoxy groups -OCH3 is 1. The van der Waals surface area contributed by atoms with Gasteiger partial charge in [-0.3, -0.25) is 14.9 Å². The van der Waals surface area contributed by atoms with E-state index in [1.165, 1.54) is 11.1 Å². The molecule has 5 nitrogen and oxygen atoms in total. The second-order valence-electron chi connectivity index (χ2n) is 6.95. The minimum absolute atomic E-state index is 0.348. The van der Waals surface area contributed by atoms with Crippen LogP contribution in [0.15, 0.2) is 48.7 Å². The van der Waals surface area contributed by atoms with Gasteiger partial charge in [0.15, 0.2) is 0 Å². The molecular formula is C22H18N2O3. The molecule has 0 saturated carbocycles. The van der Waals surface area contributed by atoms with Gasteiger partial charge < -0.3 is 9.30 Å². The van der Waals surface area contributed by atoms with Crippen LogP contribution >= 0.6 is 0 Å². The van der Waals surface area contributed by atoms with Crippen molar-refractivity contribution in [3.63, 3.8) is 0 Å². The van der Waals surface area contributed by atoms with Gasteiger partial charge in [0.05, 0.1) is 23.8 Å². The molecule has 0 radical (unpaired) electrons. The van der Waals surface area contributed by atoms with Crippen LogP contribution in [0, 0.1) is 0 Å². The van der Waals surface area contributed by atoms with E-state index in [0.717, 1.165) is 30.3 Å². The summed E-state index contributed by atoms with van der Waals surface area (Å²) in [6, 6.07) is 13.4. The lowest BCUT2D eigenvalue weighted by Crippen LogP contribution is -2.22. The predicted molar refractivity (Wildman–Crippen MR) is 103 cm³/mol. The third-order valence-corrected chi connectivity index (χ3v) is 5.36. The van der Waals surface area contributed by atoms with Gasteiger partial charge in [0.2, 0.25) is 0 Å². The average molecular weight is 358 g/mol. The number of carbonyl (C=O) groups excluding carboxylic acids is 2. The Hall–Kier alpha value is -3.34. The molecule has 5 heteroatoms. The van der Waals surface area contributed by atoms with Gasteiger partial charge in [-0.15, -0.1) is 0 Å². The summed E-state index contributed by atoms with van der Waals surface area (Å²) in [5, 5.41) is 3.56. The molecule has 2 amide bonds. The van der Waals surface area contributed by atoms with Crippen molar-refractivity contribution < 1.29 is 14.3 Å². The lowest BCUT2D eigenvalue weighted by molar-refractivity contribution is -0.122. The van der Waals surface area contributed by atoms with Gasteiger partial charge in [0.25, 0.3) is 11.8 Å². The molecule has 5 rings (SSSR count). The van der Waals surface area contributed by atoms with Gasteiger partial charge in [-0.05, 0) is 59.9 Å². The van der Waals surface area contributed by atoms with Gasteiger partial charge in [-0.2, -0.15) is 0 Å². The Balaban J connectivity index is 1.76. The quantitative estimate of drug-likeness (QED) is 0.732. The molecule has 0 unspecified atom stereocenters. The van der Waals surface area contributed by atoms with Crippen molar-refractivity contribution in [1.82, 2.24) is 9.88 Å². The zero-order chi connectivity index (χ0) is 18.5. The standard InChI is InChI=1S/C22H18N2O3/c1-27-17-6-2-4-13(12-17)18-19(22(26)23-21(18)25)16-10-14-5-3-8-24-9-7-15(11-16)20(14)24/h2,4,6-7,9-12H,3,5,8H2,1H3,(H,23,25,26).